The molecule has 1 aromatic carbocycles. The number of aromatic nitrogens is 1. The predicted octanol–water partition coefficient (Wildman–Crippen LogP) is 3.28. The van der Waals surface area contributed by atoms with Gasteiger partial charge in [-0.15, -0.1) is 0 Å². The molecule has 1 atom stereocenters. The van der Waals surface area contributed by atoms with Crippen LogP contribution in [0.4, 0.5) is 22.0 Å². The second-order valence-electron chi connectivity index (χ2n) is 4.86. The molecule has 2 aromatic rings. The number of benzene rings is 1. The van der Waals surface area contributed by atoms with Crippen molar-refractivity contribution in [1.82, 2.24) is 9.29 Å². The van der Waals surface area contributed by atoms with Crippen LogP contribution in [0, 0.1) is 11.6 Å². The Morgan fingerprint density at radius 1 is 1.04 bits per heavy atom. The van der Waals surface area contributed by atoms with Crippen molar-refractivity contribution >= 4 is 10.0 Å². The average molecular weight is 366 g/mol. The fourth-order valence-corrected chi connectivity index (χ4v) is 3.40. The van der Waals surface area contributed by atoms with Crippen LogP contribution >= 0.6 is 0 Å². The zero-order valence-electron chi connectivity index (χ0n) is 12.1. The Morgan fingerprint density at radius 3 is 2.12 bits per heavy atom. The van der Waals surface area contributed by atoms with E-state index in [0.29, 0.717) is 13.1 Å². The van der Waals surface area contributed by atoms with Crippen LogP contribution in [-0.2, 0) is 10.0 Å². The minimum absolute atomic E-state index is 0.0523. The van der Waals surface area contributed by atoms with Crippen molar-refractivity contribution in [1.29, 1.82) is 0 Å². The van der Waals surface area contributed by atoms with E-state index < -0.39 is 44.3 Å². The third kappa shape index (κ3) is 3.70. The maximum absolute atomic E-state index is 13.4. The molecule has 0 aliphatic heterocycles. The van der Waals surface area contributed by atoms with E-state index in [-0.39, 0.29) is 4.31 Å². The summed E-state index contributed by atoms with van der Waals surface area (Å²) in [7, 11) is -3.97. The first-order chi connectivity index (χ1) is 11.0. The third-order valence-corrected chi connectivity index (χ3v) is 5.00. The van der Waals surface area contributed by atoms with Crippen LogP contribution < -0.4 is 0 Å². The highest BCUT2D eigenvalue weighted by Gasteiger charge is 2.47. The first-order valence-corrected chi connectivity index (χ1v) is 7.88. The van der Waals surface area contributed by atoms with Gasteiger partial charge >= 0.3 is 6.18 Å². The number of halogens is 5. The fraction of sp³-hybridized carbons (Fsp3) is 0.214. The van der Waals surface area contributed by atoms with Gasteiger partial charge in [-0.1, -0.05) is 12.1 Å². The van der Waals surface area contributed by atoms with E-state index in [2.05, 4.69) is 4.98 Å². The van der Waals surface area contributed by atoms with Crippen LogP contribution in [0.15, 0.2) is 47.6 Å². The highest BCUT2D eigenvalue weighted by Crippen LogP contribution is 2.39. The van der Waals surface area contributed by atoms with Crippen LogP contribution in [0.3, 0.4) is 0 Å². The molecule has 0 saturated carbocycles. The molecule has 4 nitrogen and oxygen atoms in total. The van der Waals surface area contributed by atoms with Crippen LogP contribution in [0.1, 0.15) is 11.6 Å². The Balaban J connectivity index is 2.52. The quantitative estimate of drug-likeness (QED) is 0.781. The lowest BCUT2D eigenvalue weighted by molar-refractivity contribution is -0.171. The van der Waals surface area contributed by atoms with E-state index in [1.807, 2.05) is 0 Å². The molecule has 0 N–H and O–H groups in total. The molecular formula is C14H11F5N2O2S. The topological polar surface area (TPSA) is 50.3 Å². The zero-order chi connectivity index (χ0) is 18.1. The molecule has 2 rings (SSSR count). The number of alkyl halides is 3. The maximum atomic E-state index is 13.4. The summed E-state index contributed by atoms with van der Waals surface area (Å²) in [6.07, 6.45) is -3.51. The van der Waals surface area contributed by atoms with Gasteiger partial charge in [0, 0.05) is 13.2 Å². The van der Waals surface area contributed by atoms with Crippen LogP contribution in [0.5, 0.6) is 0 Å². The summed E-state index contributed by atoms with van der Waals surface area (Å²) in [5.41, 5.74) is -0.473. The Labute approximate surface area is 134 Å². The fourth-order valence-electron chi connectivity index (χ4n) is 2.09. The summed E-state index contributed by atoms with van der Waals surface area (Å²) in [5, 5.41) is 0. The first kappa shape index (κ1) is 18.3. The molecule has 0 fully saturated rings. The van der Waals surface area contributed by atoms with Crippen molar-refractivity contribution in [2.45, 2.75) is 17.1 Å². The first-order valence-electron chi connectivity index (χ1n) is 6.44. The molecule has 0 bridgehead atoms. The van der Waals surface area contributed by atoms with Gasteiger partial charge in [-0.3, -0.25) is 4.98 Å². The number of rotatable bonds is 4. The molecule has 1 unspecified atom stereocenters. The summed E-state index contributed by atoms with van der Waals surface area (Å²) in [4.78, 5) is 2.61. The van der Waals surface area contributed by atoms with E-state index in [1.165, 1.54) is 0 Å². The Hall–Kier alpha value is -2.07. The molecule has 0 amide bonds. The second-order valence-corrected chi connectivity index (χ2v) is 6.85. The van der Waals surface area contributed by atoms with E-state index in [4.69, 9.17) is 0 Å². The number of hydrogen-bond acceptors (Lipinski definition) is 3. The molecule has 0 saturated heterocycles. The summed E-state index contributed by atoms with van der Waals surface area (Å²) in [6, 6.07) is 1.26. The minimum Gasteiger partial charge on any atom is -0.260 e. The van der Waals surface area contributed by atoms with Crippen molar-refractivity contribution in [3.05, 3.63) is 59.9 Å². The number of sulfonamides is 1. The molecule has 0 aliphatic rings. The Bertz CT molecular complexity index is 822. The standard InChI is InChI=1S/C14H11F5N2O2S/c1-21(24(22,23)12-6-11(16)7-20-8-12)13(14(17,18)19)9-2-4-10(15)5-3-9/h2-8,13H,1H3. The zero-order valence-corrected chi connectivity index (χ0v) is 12.9. The highest BCUT2D eigenvalue weighted by molar-refractivity contribution is 7.89. The molecule has 0 radical (unpaired) electrons. The average Bonchev–Trinajstić information content (AvgIpc) is 2.48. The Kier molecular flexibility index (Phi) is 4.90. The van der Waals surface area contributed by atoms with Gasteiger partial charge in [-0.25, -0.2) is 17.2 Å². The van der Waals surface area contributed by atoms with Gasteiger partial charge in [0.15, 0.2) is 0 Å². The SMILES string of the molecule is CN(C(c1ccc(F)cc1)C(F)(F)F)S(=O)(=O)c1cncc(F)c1. The number of pyridine rings is 1. The van der Waals surface area contributed by atoms with Crippen molar-refractivity contribution in [3.63, 3.8) is 0 Å². The molecule has 10 heteroatoms. The number of hydrogen-bond donors (Lipinski definition) is 0. The van der Waals surface area contributed by atoms with E-state index in [0.717, 1.165) is 36.7 Å². The van der Waals surface area contributed by atoms with Crippen molar-refractivity contribution < 1.29 is 30.4 Å². The van der Waals surface area contributed by atoms with Gasteiger partial charge in [0.2, 0.25) is 10.0 Å². The summed E-state index contributed by atoms with van der Waals surface area (Å²) in [5.74, 6) is -1.77. The van der Waals surface area contributed by atoms with Crippen molar-refractivity contribution in [2.24, 2.45) is 0 Å². The molecule has 0 spiro atoms. The second kappa shape index (κ2) is 6.44. The smallest absolute Gasteiger partial charge is 0.260 e. The van der Waals surface area contributed by atoms with Crippen LogP contribution in [0.2, 0.25) is 0 Å². The van der Waals surface area contributed by atoms with Crippen LogP contribution in [0.25, 0.3) is 0 Å². The van der Waals surface area contributed by atoms with Crippen molar-refractivity contribution in [3.8, 4) is 0 Å². The summed E-state index contributed by atoms with van der Waals surface area (Å²) in [6.45, 7) is 0. The van der Waals surface area contributed by atoms with Crippen LogP contribution in [-0.4, -0.2) is 30.9 Å². The van der Waals surface area contributed by atoms with Crippen molar-refractivity contribution in [2.75, 3.05) is 7.05 Å². The molecule has 1 aromatic heterocycles. The van der Waals surface area contributed by atoms with E-state index in [1.54, 1.807) is 0 Å². The van der Waals surface area contributed by atoms with Gasteiger partial charge in [0.05, 0.1) is 6.20 Å². The molecule has 0 aliphatic carbocycles. The minimum atomic E-state index is -4.97. The monoisotopic (exact) mass is 366 g/mol. The maximum Gasteiger partial charge on any atom is 0.409 e. The largest absolute Gasteiger partial charge is 0.409 e. The lowest BCUT2D eigenvalue weighted by Gasteiger charge is -2.29. The lowest BCUT2D eigenvalue weighted by atomic mass is 10.1. The molecule has 24 heavy (non-hydrogen) atoms. The Morgan fingerprint density at radius 2 is 1.62 bits per heavy atom. The van der Waals surface area contributed by atoms with Gasteiger partial charge in [0.25, 0.3) is 0 Å². The van der Waals surface area contributed by atoms with Gasteiger partial charge in [-0.2, -0.15) is 17.5 Å². The number of nitrogens with zero attached hydrogens (tertiary/aromatic N) is 2. The molecular weight excluding hydrogens is 355 g/mol. The van der Waals surface area contributed by atoms with E-state index in [9.17, 15) is 30.4 Å². The normalized spacial score (nSPS) is 14.0. The molecule has 130 valence electrons. The third-order valence-electron chi connectivity index (χ3n) is 3.22. The molecule has 1 heterocycles. The summed E-state index contributed by atoms with van der Waals surface area (Å²) >= 11 is 0. The van der Waals surface area contributed by atoms with Gasteiger partial charge in [-0.05, 0) is 23.8 Å². The summed E-state index contributed by atoms with van der Waals surface area (Å²) < 4.78 is 91.0. The van der Waals surface area contributed by atoms with E-state index >= 15 is 0 Å². The van der Waals surface area contributed by atoms with Gasteiger partial charge < -0.3 is 0 Å². The lowest BCUT2D eigenvalue weighted by Crippen LogP contribution is -2.39. The van der Waals surface area contributed by atoms with Gasteiger partial charge in [0.1, 0.15) is 22.6 Å². The highest BCUT2D eigenvalue weighted by atomic mass is 32.2. The predicted molar refractivity (Wildman–Crippen MR) is 74.3 cm³/mol.